The summed E-state index contributed by atoms with van der Waals surface area (Å²) >= 11 is 0. The van der Waals surface area contributed by atoms with Gasteiger partial charge in [0, 0.05) is 12.0 Å². The maximum Gasteiger partial charge on any atom is 0.159 e. The molecule has 0 N–H and O–H groups in total. The zero-order chi connectivity index (χ0) is 15.6. The smallest absolute Gasteiger partial charge is 0.159 e. The van der Waals surface area contributed by atoms with Crippen LogP contribution >= 0.6 is 0 Å². The summed E-state index contributed by atoms with van der Waals surface area (Å²) in [5.41, 5.74) is 2.56. The van der Waals surface area contributed by atoms with Crippen molar-refractivity contribution in [2.24, 2.45) is 0 Å². The molecule has 0 atom stereocenters. The molecule has 3 rings (SSSR count). The van der Waals surface area contributed by atoms with Crippen LogP contribution in [0, 0.1) is 0 Å². The number of carbonyl (C=O) groups excluding carboxylic acids is 1. The van der Waals surface area contributed by atoms with Crippen LogP contribution < -0.4 is 0 Å². The van der Waals surface area contributed by atoms with Gasteiger partial charge in [-0.25, -0.2) is 0 Å². The predicted molar refractivity (Wildman–Crippen MR) is 87.4 cm³/mol. The molecule has 0 radical (unpaired) electrons. The van der Waals surface area contributed by atoms with Crippen LogP contribution in [0.3, 0.4) is 0 Å². The molecule has 2 aromatic rings. The van der Waals surface area contributed by atoms with E-state index in [-0.39, 0.29) is 5.78 Å². The molecule has 0 amide bonds. The molecular weight excluding hydrogens is 272 g/mol. The summed E-state index contributed by atoms with van der Waals surface area (Å²) < 4.78 is 6.38. The van der Waals surface area contributed by atoms with E-state index in [1.54, 1.807) is 6.92 Å². The Morgan fingerprint density at radius 3 is 1.86 bits per heavy atom. The zero-order valence-electron chi connectivity index (χ0n) is 13.0. The fraction of sp³-hybridized carbons (Fsp3) is 0.250. The molecule has 0 saturated heterocycles. The molecule has 0 fully saturated rings. The van der Waals surface area contributed by atoms with E-state index in [0.29, 0.717) is 0 Å². The Kier molecular flexibility index (Phi) is 3.84. The van der Waals surface area contributed by atoms with Crippen LogP contribution in [0.5, 0.6) is 0 Å². The Morgan fingerprint density at radius 2 is 1.45 bits per heavy atom. The fourth-order valence-corrected chi connectivity index (χ4v) is 3.26. The lowest BCUT2D eigenvalue weighted by Gasteiger charge is -2.40. The summed E-state index contributed by atoms with van der Waals surface area (Å²) in [5, 5.41) is 0. The van der Waals surface area contributed by atoms with Gasteiger partial charge in [0.05, 0.1) is 0 Å². The van der Waals surface area contributed by atoms with Gasteiger partial charge in [-0.1, -0.05) is 60.7 Å². The molecule has 0 aromatic heterocycles. The maximum absolute atomic E-state index is 11.8. The molecule has 2 heteroatoms. The van der Waals surface area contributed by atoms with Gasteiger partial charge in [0.1, 0.15) is 5.76 Å². The lowest BCUT2D eigenvalue weighted by Crippen LogP contribution is -2.34. The quantitative estimate of drug-likeness (QED) is 0.826. The van der Waals surface area contributed by atoms with E-state index in [4.69, 9.17) is 4.74 Å². The molecule has 22 heavy (non-hydrogen) atoms. The number of hydrogen-bond acceptors (Lipinski definition) is 2. The Bertz CT molecular complexity index is 660. The molecular formula is C20H20O2. The number of ketones is 1. The molecule has 0 spiro atoms. The van der Waals surface area contributed by atoms with Crippen LogP contribution in [-0.4, -0.2) is 5.78 Å². The highest BCUT2D eigenvalue weighted by Crippen LogP contribution is 2.44. The Balaban J connectivity index is 2.13. The van der Waals surface area contributed by atoms with Gasteiger partial charge in [0.15, 0.2) is 11.4 Å². The third kappa shape index (κ3) is 2.45. The van der Waals surface area contributed by atoms with Gasteiger partial charge in [-0.15, -0.1) is 0 Å². The third-order valence-corrected chi connectivity index (χ3v) is 4.38. The minimum atomic E-state index is -0.508. The SMILES string of the molecule is CC(=O)C1=C(C)OC(c2ccccc2)(c2ccccc2)CC1. The lowest BCUT2D eigenvalue weighted by molar-refractivity contribution is -0.114. The third-order valence-electron chi connectivity index (χ3n) is 4.38. The normalized spacial score (nSPS) is 17.0. The van der Waals surface area contributed by atoms with Crippen molar-refractivity contribution in [3.05, 3.63) is 83.1 Å². The summed E-state index contributed by atoms with van der Waals surface area (Å²) in [6.45, 7) is 3.51. The van der Waals surface area contributed by atoms with E-state index in [2.05, 4.69) is 24.3 Å². The van der Waals surface area contributed by atoms with E-state index in [0.717, 1.165) is 35.3 Å². The summed E-state index contributed by atoms with van der Waals surface area (Å²) in [6, 6.07) is 20.5. The van der Waals surface area contributed by atoms with Crippen LogP contribution in [0.2, 0.25) is 0 Å². The van der Waals surface area contributed by atoms with Crippen molar-refractivity contribution in [3.63, 3.8) is 0 Å². The molecule has 0 unspecified atom stereocenters. The first-order valence-corrected chi connectivity index (χ1v) is 7.64. The predicted octanol–water partition coefficient (Wildman–Crippen LogP) is 4.60. The van der Waals surface area contributed by atoms with Crippen molar-refractivity contribution < 1.29 is 9.53 Å². The average Bonchev–Trinajstić information content (AvgIpc) is 2.56. The zero-order valence-corrected chi connectivity index (χ0v) is 13.0. The monoisotopic (exact) mass is 292 g/mol. The number of Topliss-reactive ketones (excluding diaryl/α,β-unsaturated/α-hetero) is 1. The molecule has 2 aromatic carbocycles. The van der Waals surface area contributed by atoms with Crippen molar-refractivity contribution in [1.29, 1.82) is 0 Å². The van der Waals surface area contributed by atoms with Crippen molar-refractivity contribution in [3.8, 4) is 0 Å². The highest BCUT2D eigenvalue weighted by atomic mass is 16.5. The molecule has 0 aliphatic carbocycles. The van der Waals surface area contributed by atoms with Crippen LogP contribution in [0.4, 0.5) is 0 Å². The Labute approximate surface area is 131 Å². The topological polar surface area (TPSA) is 26.3 Å². The van der Waals surface area contributed by atoms with Crippen molar-refractivity contribution in [2.75, 3.05) is 0 Å². The van der Waals surface area contributed by atoms with Gasteiger partial charge >= 0.3 is 0 Å². The first-order chi connectivity index (χ1) is 10.6. The summed E-state index contributed by atoms with van der Waals surface area (Å²) in [6.07, 6.45) is 1.51. The second-order valence-corrected chi connectivity index (χ2v) is 5.75. The summed E-state index contributed by atoms with van der Waals surface area (Å²) in [5.74, 6) is 0.846. The second kappa shape index (κ2) is 5.80. The van der Waals surface area contributed by atoms with Crippen LogP contribution in [0.1, 0.15) is 37.8 Å². The van der Waals surface area contributed by atoms with Crippen LogP contribution in [0.15, 0.2) is 72.0 Å². The average molecular weight is 292 g/mol. The molecule has 1 heterocycles. The lowest BCUT2D eigenvalue weighted by atomic mass is 9.79. The van der Waals surface area contributed by atoms with E-state index in [1.165, 1.54) is 0 Å². The highest BCUT2D eigenvalue weighted by Gasteiger charge is 2.40. The first-order valence-electron chi connectivity index (χ1n) is 7.64. The minimum Gasteiger partial charge on any atom is -0.482 e. The first kappa shape index (κ1) is 14.6. The Hall–Kier alpha value is -2.35. The van der Waals surface area contributed by atoms with Crippen molar-refractivity contribution in [2.45, 2.75) is 32.3 Å². The van der Waals surface area contributed by atoms with E-state index < -0.39 is 5.60 Å². The molecule has 1 aliphatic heterocycles. The standard InChI is InChI=1S/C20H20O2/c1-15(21)19-13-14-20(22-16(19)2,17-9-5-3-6-10-17)18-11-7-4-8-12-18/h3-12H,13-14H2,1-2H3. The van der Waals surface area contributed by atoms with E-state index >= 15 is 0 Å². The summed E-state index contributed by atoms with van der Waals surface area (Å²) in [4.78, 5) is 11.8. The van der Waals surface area contributed by atoms with Crippen LogP contribution in [-0.2, 0) is 15.1 Å². The Morgan fingerprint density at radius 1 is 0.955 bits per heavy atom. The minimum absolute atomic E-state index is 0.104. The molecule has 112 valence electrons. The number of allylic oxidation sites excluding steroid dienone is 2. The van der Waals surface area contributed by atoms with Gasteiger partial charge in [-0.05, 0) is 31.4 Å². The van der Waals surface area contributed by atoms with Gasteiger partial charge < -0.3 is 4.74 Å². The summed E-state index contributed by atoms with van der Waals surface area (Å²) in [7, 11) is 0. The largest absolute Gasteiger partial charge is 0.482 e. The van der Waals surface area contributed by atoms with Gasteiger partial charge in [0.25, 0.3) is 0 Å². The van der Waals surface area contributed by atoms with Gasteiger partial charge in [-0.3, -0.25) is 4.79 Å². The number of benzene rings is 2. The van der Waals surface area contributed by atoms with Gasteiger partial charge in [0.2, 0.25) is 0 Å². The maximum atomic E-state index is 11.8. The highest BCUT2D eigenvalue weighted by molar-refractivity contribution is 5.93. The number of carbonyl (C=O) groups is 1. The fourth-order valence-electron chi connectivity index (χ4n) is 3.26. The van der Waals surface area contributed by atoms with Gasteiger partial charge in [-0.2, -0.15) is 0 Å². The number of ether oxygens (including phenoxy) is 1. The molecule has 1 aliphatic rings. The molecule has 0 saturated carbocycles. The van der Waals surface area contributed by atoms with Crippen molar-refractivity contribution in [1.82, 2.24) is 0 Å². The number of rotatable bonds is 3. The van der Waals surface area contributed by atoms with Crippen molar-refractivity contribution >= 4 is 5.78 Å². The number of hydrogen-bond donors (Lipinski definition) is 0. The van der Waals surface area contributed by atoms with E-state index in [1.807, 2.05) is 43.3 Å². The van der Waals surface area contributed by atoms with Crippen LogP contribution in [0.25, 0.3) is 0 Å². The molecule has 2 nitrogen and oxygen atoms in total. The van der Waals surface area contributed by atoms with E-state index in [9.17, 15) is 4.79 Å². The molecule has 0 bridgehead atoms. The second-order valence-electron chi connectivity index (χ2n) is 5.75.